The van der Waals surface area contributed by atoms with Crippen molar-refractivity contribution in [3.8, 4) is 0 Å². The first-order valence-corrected chi connectivity index (χ1v) is 4.98. The Morgan fingerprint density at radius 2 is 1.20 bits per heavy atom. The molecule has 0 aliphatic carbocycles. The van der Waals surface area contributed by atoms with Crippen LogP contribution in [-0.4, -0.2) is 25.4 Å². The molecule has 15 heavy (non-hydrogen) atoms. The van der Waals surface area contributed by atoms with Gasteiger partial charge in [0.25, 0.3) is 0 Å². The molecule has 2 unspecified atom stereocenters. The van der Waals surface area contributed by atoms with E-state index >= 15 is 0 Å². The van der Waals surface area contributed by atoms with E-state index in [2.05, 4.69) is 42.3 Å². The van der Waals surface area contributed by atoms with E-state index in [9.17, 15) is 0 Å². The molecule has 0 bridgehead atoms. The third-order valence-corrected chi connectivity index (χ3v) is 1.79. The minimum atomic E-state index is 0.0308. The maximum Gasteiger partial charge on any atom is 0.0778 e. The van der Waals surface area contributed by atoms with Gasteiger partial charge in [0.15, 0.2) is 0 Å². The van der Waals surface area contributed by atoms with Crippen LogP contribution in [-0.2, 0) is 0 Å². The van der Waals surface area contributed by atoms with Gasteiger partial charge in [0.2, 0.25) is 0 Å². The summed E-state index contributed by atoms with van der Waals surface area (Å²) in [5, 5.41) is 9.67. The van der Waals surface area contributed by atoms with E-state index in [1.807, 2.05) is 0 Å². The lowest BCUT2D eigenvalue weighted by Crippen LogP contribution is -2.51. The first-order chi connectivity index (χ1) is 7.28. The van der Waals surface area contributed by atoms with E-state index in [4.69, 9.17) is 0 Å². The second-order valence-corrected chi connectivity index (χ2v) is 2.99. The highest BCUT2D eigenvalue weighted by Crippen LogP contribution is 1.86. The highest BCUT2D eigenvalue weighted by atomic mass is 15.2. The zero-order chi connectivity index (χ0) is 11.5. The maximum atomic E-state index is 3.74. The van der Waals surface area contributed by atoms with Gasteiger partial charge < -0.3 is 0 Å². The molecule has 0 aromatic rings. The van der Waals surface area contributed by atoms with Gasteiger partial charge in [-0.1, -0.05) is 24.3 Å². The Balaban J connectivity index is 3.98. The summed E-state index contributed by atoms with van der Waals surface area (Å²) in [5.74, 6) is 0. The van der Waals surface area contributed by atoms with Crippen molar-refractivity contribution < 1.29 is 0 Å². The largest absolute Gasteiger partial charge is 0.295 e. The first kappa shape index (κ1) is 13.8. The van der Waals surface area contributed by atoms with Crippen LogP contribution < -0.4 is 16.0 Å². The summed E-state index contributed by atoms with van der Waals surface area (Å²) < 4.78 is 0. The topological polar surface area (TPSA) is 36.1 Å². The van der Waals surface area contributed by atoms with E-state index in [0.717, 1.165) is 13.1 Å². The third kappa shape index (κ3) is 6.85. The molecule has 0 rings (SSSR count). The van der Waals surface area contributed by atoms with Crippen molar-refractivity contribution in [1.29, 1.82) is 0 Å². The fourth-order valence-electron chi connectivity index (χ4n) is 1.03. The standard InChI is InChI=1S/C12H21N3/c1-5-9-13-11(7-3)15-12(8-4)14-10-6-2/h5-8,11-15H,1-4,9-10H2. The maximum absolute atomic E-state index is 3.74. The van der Waals surface area contributed by atoms with Crippen molar-refractivity contribution >= 4 is 0 Å². The van der Waals surface area contributed by atoms with Gasteiger partial charge in [-0.05, 0) is 0 Å². The third-order valence-electron chi connectivity index (χ3n) is 1.79. The molecule has 0 radical (unpaired) electrons. The fourth-order valence-corrected chi connectivity index (χ4v) is 1.03. The zero-order valence-electron chi connectivity index (χ0n) is 9.21. The lowest BCUT2D eigenvalue weighted by molar-refractivity contribution is 0.432. The lowest BCUT2D eigenvalue weighted by Gasteiger charge is -2.22. The molecule has 84 valence electrons. The van der Waals surface area contributed by atoms with E-state index in [1.165, 1.54) is 0 Å². The molecule has 0 saturated carbocycles. The molecule has 3 heteroatoms. The molecule has 0 aliphatic heterocycles. The molecule has 0 spiro atoms. The molecule has 0 heterocycles. The fraction of sp³-hybridized carbons (Fsp3) is 0.333. The van der Waals surface area contributed by atoms with E-state index in [0.29, 0.717) is 0 Å². The van der Waals surface area contributed by atoms with Crippen molar-refractivity contribution in [2.45, 2.75) is 12.3 Å². The summed E-state index contributed by atoms with van der Waals surface area (Å²) in [6.07, 6.45) is 7.27. The summed E-state index contributed by atoms with van der Waals surface area (Å²) >= 11 is 0. The molecule has 3 nitrogen and oxygen atoms in total. The minimum Gasteiger partial charge on any atom is -0.295 e. The van der Waals surface area contributed by atoms with Crippen LogP contribution in [0.25, 0.3) is 0 Å². The van der Waals surface area contributed by atoms with Crippen molar-refractivity contribution in [2.24, 2.45) is 0 Å². The Bertz CT molecular complexity index is 189. The van der Waals surface area contributed by atoms with Crippen LogP contribution in [0.5, 0.6) is 0 Å². The number of rotatable bonds is 10. The number of hydrogen-bond donors (Lipinski definition) is 3. The van der Waals surface area contributed by atoms with Gasteiger partial charge >= 0.3 is 0 Å². The predicted octanol–water partition coefficient (Wildman–Crippen LogP) is 1.15. The Kier molecular flexibility index (Phi) is 8.67. The second-order valence-electron chi connectivity index (χ2n) is 2.99. The van der Waals surface area contributed by atoms with Crippen LogP contribution in [0.15, 0.2) is 50.6 Å². The van der Waals surface area contributed by atoms with Gasteiger partial charge in [-0.15, -0.1) is 26.3 Å². The van der Waals surface area contributed by atoms with Gasteiger partial charge in [0.1, 0.15) is 0 Å². The normalized spacial score (nSPS) is 13.9. The summed E-state index contributed by atoms with van der Waals surface area (Å²) in [4.78, 5) is 0. The molecule has 0 aliphatic rings. The molecule has 0 saturated heterocycles. The Labute approximate surface area is 92.6 Å². The molecule has 2 atom stereocenters. The number of hydrogen-bond acceptors (Lipinski definition) is 3. The summed E-state index contributed by atoms with van der Waals surface area (Å²) in [7, 11) is 0. The first-order valence-electron chi connectivity index (χ1n) is 4.98. The van der Waals surface area contributed by atoms with Crippen molar-refractivity contribution in [3.05, 3.63) is 50.6 Å². The SMILES string of the molecule is C=CCNC(C=C)NC(C=C)NCC=C. The van der Waals surface area contributed by atoms with Gasteiger partial charge in [0, 0.05) is 13.1 Å². The molecule has 0 fully saturated rings. The predicted molar refractivity (Wildman–Crippen MR) is 67.5 cm³/mol. The van der Waals surface area contributed by atoms with Crippen LogP contribution in [0.3, 0.4) is 0 Å². The quantitative estimate of drug-likeness (QED) is 0.371. The molecule has 3 N–H and O–H groups in total. The molecule has 0 amide bonds. The average molecular weight is 207 g/mol. The molecular formula is C12H21N3. The average Bonchev–Trinajstić information content (AvgIpc) is 2.28. The minimum absolute atomic E-state index is 0.0308. The summed E-state index contributed by atoms with van der Waals surface area (Å²) in [6.45, 7) is 16.2. The van der Waals surface area contributed by atoms with Crippen molar-refractivity contribution in [2.75, 3.05) is 13.1 Å². The Hall–Kier alpha value is -1.16. The van der Waals surface area contributed by atoms with Crippen LogP contribution in [0.1, 0.15) is 0 Å². The second kappa shape index (κ2) is 9.40. The summed E-state index contributed by atoms with van der Waals surface area (Å²) in [5.41, 5.74) is 0. The smallest absolute Gasteiger partial charge is 0.0778 e. The van der Waals surface area contributed by atoms with E-state index in [1.54, 1.807) is 24.3 Å². The Morgan fingerprint density at radius 1 is 0.800 bits per heavy atom. The Morgan fingerprint density at radius 3 is 1.47 bits per heavy atom. The van der Waals surface area contributed by atoms with Gasteiger partial charge in [-0.25, -0.2) is 0 Å². The number of nitrogens with one attached hydrogen (secondary N) is 3. The van der Waals surface area contributed by atoms with Crippen molar-refractivity contribution in [3.63, 3.8) is 0 Å². The molecule has 0 aromatic carbocycles. The molecule has 0 aromatic heterocycles. The van der Waals surface area contributed by atoms with Crippen LogP contribution in [0.2, 0.25) is 0 Å². The van der Waals surface area contributed by atoms with Gasteiger partial charge in [0.05, 0.1) is 12.3 Å². The summed E-state index contributed by atoms with van der Waals surface area (Å²) in [6, 6.07) is 0. The highest BCUT2D eigenvalue weighted by Gasteiger charge is 2.06. The molecular weight excluding hydrogens is 186 g/mol. The van der Waals surface area contributed by atoms with Crippen molar-refractivity contribution in [1.82, 2.24) is 16.0 Å². The van der Waals surface area contributed by atoms with E-state index < -0.39 is 0 Å². The van der Waals surface area contributed by atoms with Crippen LogP contribution in [0.4, 0.5) is 0 Å². The van der Waals surface area contributed by atoms with Crippen LogP contribution >= 0.6 is 0 Å². The highest BCUT2D eigenvalue weighted by molar-refractivity contribution is 4.93. The zero-order valence-corrected chi connectivity index (χ0v) is 9.21. The lowest BCUT2D eigenvalue weighted by atomic mass is 10.3. The van der Waals surface area contributed by atoms with Gasteiger partial charge in [-0.3, -0.25) is 16.0 Å². The van der Waals surface area contributed by atoms with E-state index in [-0.39, 0.29) is 12.3 Å². The monoisotopic (exact) mass is 207 g/mol. The van der Waals surface area contributed by atoms with Gasteiger partial charge in [-0.2, -0.15) is 0 Å². The van der Waals surface area contributed by atoms with Crippen LogP contribution in [0, 0.1) is 0 Å².